The number of likely N-dealkylation sites (tertiary alicyclic amines) is 1. The molecule has 0 radical (unpaired) electrons. The van der Waals surface area contributed by atoms with Crippen LogP contribution >= 0.6 is 23.5 Å². The molecule has 21 heavy (non-hydrogen) atoms. The second kappa shape index (κ2) is 6.82. The molecule has 1 N–H and O–H groups in total. The van der Waals surface area contributed by atoms with E-state index in [1.165, 1.54) is 12.2 Å². The Hall–Kier alpha value is -0.360. The number of thioether (sulfide) groups is 2. The summed E-state index contributed by atoms with van der Waals surface area (Å²) in [7, 11) is 0. The standard InChI is InChI=1S/C15H23NO3S2/c17-14(8-11-9-20-5-6-21-11)16-12-4-2-1-3-10(12)7-13(16)15(18)19/h10-13H,1-9H2,(H,18,19). The Morgan fingerprint density at radius 1 is 1.19 bits per heavy atom. The first kappa shape index (κ1) is 15.5. The molecule has 0 aromatic rings. The van der Waals surface area contributed by atoms with E-state index in [2.05, 4.69) is 0 Å². The third kappa shape index (κ3) is 3.36. The zero-order valence-electron chi connectivity index (χ0n) is 12.2. The zero-order valence-corrected chi connectivity index (χ0v) is 13.8. The van der Waals surface area contributed by atoms with Crippen LogP contribution in [-0.2, 0) is 9.59 Å². The van der Waals surface area contributed by atoms with Gasteiger partial charge in [-0.3, -0.25) is 4.79 Å². The molecular weight excluding hydrogens is 306 g/mol. The predicted octanol–water partition coefficient (Wildman–Crippen LogP) is 2.47. The lowest BCUT2D eigenvalue weighted by Crippen LogP contribution is -2.47. The molecule has 4 unspecified atom stereocenters. The van der Waals surface area contributed by atoms with Crippen LogP contribution in [0.2, 0.25) is 0 Å². The maximum absolute atomic E-state index is 12.7. The molecule has 0 aromatic carbocycles. The minimum absolute atomic E-state index is 0.0804. The molecule has 2 heterocycles. The quantitative estimate of drug-likeness (QED) is 0.862. The molecule has 0 bridgehead atoms. The SMILES string of the molecule is O=C(O)C1CC2CCCCC2N1C(=O)CC1CSCCS1. The fourth-order valence-electron chi connectivity index (χ4n) is 3.99. The van der Waals surface area contributed by atoms with Crippen molar-refractivity contribution < 1.29 is 14.7 Å². The number of carbonyl (C=O) groups is 2. The van der Waals surface area contributed by atoms with Gasteiger partial charge in [-0.05, 0) is 25.2 Å². The average molecular weight is 329 g/mol. The first-order chi connectivity index (χ1) is 10.2. The smallest absolute Gasteiger partial charge is 0.326 e. The number of aliphatic carboxylic acids is 1. The maximum atomic E-state index is 12.7. The van der Waals surface area contributed by atoms with Gasteiger partial charge in [0.25, 0.3) is 0 Å². The highest BCUT2D eigenvalue weighted by atomic mass is 32.2. The Morgan fingerprint density at radius 3 is 2.71 bits per heavy atom. The van der Waals surface area contributed by atoms with Crippen molar-refractivity contribution >= 4 is 35.4 Å². The number of fused-ring (bicyclic) bond motifs is 1. The molecule has 3 fully saturated rings. The maximum Gasteiger partial charge on any atom is 0.326 e. The topological polar surface area (TPSA) is 57.6 Å². The van der Waals surface area contributed by atoms with Crippen molar-refractivity contribution in [3.63, 3.8) is 0 Å². The van der Waals surface area contributed by atoms with Gasteiger partial charge in [-0.25, -0.2) is 4.79 Å². The van der Waals surface area contributed by atoms with Crippen LogP contribution in [0.5, 0.6) is 0 Å². The molecule has 4 atom stereocenters. The second-order valence-corrected chi connectivity index (χ2v) is 8.83. The second-order valence-electron chi connectivity index (χ2n) is 6.27. The van der Waals surface area contributed by atoms with Crippen molar-refractivity contribution in [2.75, 3.05) is 17.3 Å². The Kier molecular flexibility index (Phi) is 5.04. The van der Waals surface area contributed by atoms with Crippen LogP contribution in [0.4, 0.5) is 0 Å². The highest BCUT2D eigenvalue weighted by Gasteiger charge is 2.47. The summed E-state index contributed by atoms with van der Waals surface area (Å²) in [5, 5.41) is 9.85. The van der Waals surface area contributed by atoms with Crippen molar-refractivity contribution in [2.45, 2.75) is 55.9 Å². The van der Waals surface area contributed by atoms with Gasteiger partial charge in [0.15, 0.2) is 0 Å². The number of carboxylic acids is 1. The molecule has 1 saturated carbocycles. The van der Waals surface area contributed by atoms with Crippen molar-refractivity contribution in [3.8, 4) is 0 Å². The summed E-state index contributed by atoms with van der Waals surface area (Å²) < 4.78 is 0. The van der Waals surface area contributed by atoms with E-state index in [1.807, 2.05) is 23.5 Å². The van der Waals surface area contributed by atoms with Gasteiger partial charge < -0.3 is 10.0 Å². The van der Waals surface area contributed by atoms with Crippen LogP contribution in [-0.4, -0.2) is 56.5 Å². The molecule has 2 aliphatic heterocycles. The van der Waals surface area contributed by atoms with Gasteiger partial charge >= 0.3 is 5.97 Å². The average Bonchev–Trinajstić information content (AvgIpc) is 2.88. The molecule has 0 aromatic heterocycles. The van der Waals surface area contributed by atoms with Gasteiger partial charge in [0.2, 0.25) is 5.91 Å². The van der Waals surface area contributed by atoms with Crippen molar-refractivity contribution in [1.82, 2.24) is 4.90 Å². The summed E-state index contributed by atoms with van der Waals surface area (Å²) in [5.41, 5.74) is 0. The van der Waals surface area contributed by atoms with Gasteiger partial charge in [0.05, 0.1) is 0 Å². The van der Waals surface area contributed by atoms with Crippen LogP contribution in [0.3, 0.4) is 0 Å². The fraction of sp³-hybridized carbons (Fsp3) is 0.867. The van der Waals surface area contributed by atoms with E-state index < -0.39 is 12.0 Å². The van der Waals surface area contributed by atoms with Crippen LogP contribution in [0.25, 0.3) is 0 Å². The number of carboxylic acid groups (broad SMARTS) is 1. The number of amides is 1. The molecule has 4 nitrogen and oxygen atoms in total. The first-order valence-electron chi connectivity index (χ1n) is 7.90. The van der Waals surface area contributed by atoms with Crippen LogP contribution in [0, 0.1) is 5.92 Å². The van der Waals surface area contributed by atoms with E-state index in [1.54, 1.807) is 4.90 Å². The molecule has 6 heteroatoms. The molecule has 0 spiro atoms. The Balaban J connectivity index is 1.69. The minimum Gasteiger partial charge on any atom is -0.480 e. The fourth-order valence-corrected chi connectivity index (χ4v) is 6.66. The monoisotopic (exact) mass is 329 g/mol. The van der Waals surface area contributed by atoms with E-state index in [-0.39, 0.29) is 11.9 Å². The lowest BCUT2D eigenvalue weighted by Gasteiger charge is -2.34. The number of hydrogen-bond donors (Lipinski definition) is 1. The Labute approximate surface area is 134 Å². The van der Waals surface area contributed by atoms with Gasteiger partial charge in [-0.2, -0.15) is 23.5 Å². The molecule has 118 valence electrons. The van der Waals surface area contributed by atoms with Crippen molar-refractivity contribution in [2.24, 2.45) is 5.92 Å². The summed E-state index contributed by atoms with van der Waals surface area (Å²) in [4.78, 5) is 26.0. The van der Waals surface area contributed by atoms with Crippen molar-refractivity contribution in [3.05, 3.63) is 0 Å². The lowest BCUT2D eigenvalue weighted by molar-refractivity contribution is -0.149. The Morgan fingerprint density at radius 2 is 2.00 bits per heavy atom. The van der Waals surface area contributed by atoms with Crippen LogP contribution in [0.15, 0.2) is 0 Å². The van der Waals surface area contributed by atoms with E-state index in [9.17, 15) is 14.7 Å². The highest BCUT2D eigenvalue weighted by molar-refractivity contribution is 8.06. The van der Waals surface area contributed by atoms with E-state index in [0.717, 1.165) is 30.8 Å². The number of hydrogen-bond acceptors (Lipinski definition) is 4. The molecule has 3 aliphatic rings. The first-order valence-corrected chi connectivity index (χ1v) is 10.1. The normalized spacial score (nSPS) is 36.3. The molecular formula is C15H23NO3S2. The highest BCUT2D eigenvalue weighted by Crippen LogP contribution is 2.40. The number of rotatable bonds is 3. The van der Waals surface area contributed by atoms with Crippen LogP contribution < -0.4 is 0 Å². The largest absolute Gasteiger partial charge is 0.480 e. The Bertz CT molecular complexity index is 412. The minimum atomic E-state index is -0.816. The summed E-state index contributed by atoms with van der Waals surface area (Å²) in [6.07, 6.45) is 5.58. The molecule has 3 rings (SSSR count). The summed E-state index contributed by atoms with van der Waals surface area (Å²) in [6, 6.07) is -0.388. The van der Waals surface area contributed by atoms with E-state index in [0.29, 0.717) is 24.0 Å². The predicted molar refractivity (Wildman–Crippen MR) is 86.8 cm³/mol. The van der Waals surface area contributed by atoms with Gasteiger partial charge in [-0.15, -0.1) is 0 Å². The van der Waals surface area contributed by atoms with Gasteiger partial charge in [0.1, 0.15) is 6.04 Å². The molecule has 2 saturated heterocycles. The van der Waals surface area contributed by atoms with E-state index >= 15 is 0 Å². The van der Waals surface area contributed by atoms with Gasteiger partial charge in [0, 0.05) is 35.0 Å². The summed E-state index contributed by atoms with van der Waals surface area (Å²) >= 11 is 3.78. The number of carbonyl (C=O) groups excluding carboxylic acids is 1. The zero-order chi connectivity index (χ0) is 14.8. The third-order valence-corrected chi connectivity index (χ3v) is 7.79. The van der Waals surface area contributed by atoms with Crippen LogP contribution in [0.1, 0.15) is 38.5 Å². The lowest BCUT2D eigenvalue weighted by atomic mass is 9.84. The van der Waals surface area contributed by atoms with Crippen molar-refractivity contribution in [1.29, 1.82) is 0 Å². The summed E-state index contributed by atoms with van der Waals surface area (Å²) in [5.74, 6) is 2.98. The molecule has 1 amide bonds. The van der Waals surface area contributed by atoms with E-state index in [4.69, 9.17) is 0 Å². The number of nitrogens with zero attached hydrogens (tertiary/aromatic N) is 1. The third-order valence-electron chi connectivity index (χ3n) is 4.95. The summed E-state index contributed by atoms with van der Waals surface area (Å²) in [6.45, 7) is 0. The van der Waals surface area contributed by atoms with Gasteiger partial charge in [-0.1, -0.05) is 12.8 Å². The molecule has 1 aliphatic carbocycles.